The number of pyridine rings is 1. The number of aromatic nitrogens is 1. The molecule has 0 unspecified atom stereocenters. The summed E-state index contributed by atoms with van der Waals surface area (Å²) in [6.45, 7) is 7.34. The second-order valence-corrected chi connectivity index (χ2v) is 10.9. The van der Waals surface area contributed by atoms with E-state index < -0.39 is 0 Å². The number of rotatable bonds is 20. The highest BCUT2D eigenvalue weighted by Crippen LogP contribution is 2.42. The topological polar surface area (TPSA) is 177 Å². The summed E-state index contributed by atoms with van der Waals surface area (Å²) in [5, 5.41) is 51.0. The van der Waals surface area contributed by atoms with Gasteiger partial charge in [0, 0.05) is 49.8 Å². The molecule has 13 nitrogen and oxygen atoms in total. The van der Waals surface area contributed by atoms with Gasteiger partial charge in [0.2, 0.25) is 0 Å². The van der Waals surface area contributed by atoms with Crippen LogP contribution in [0, 0.1) is 18.3 Å². The quantitative estimate of drug-likeness (QED) is 0.0600. The molecule has 0 aliphatic heterocycles. The van der Waals surface area contributed by atoms with Crippen molar-refractivity contribution in [2.24, 2.45) is 10.2 Å². The highest BCUT2D eigenvalue weighted by atomic mass is 32.2. The summed E-state index contributed by atoms with van der Waals surface area (Å²) in [4.78, 5) is 7.85. The van der Waals surface area contributed by atoms with Crippen molar-refractivity contribution in [1.82, 2.24) is 9.88 Å². The van der Waals surface area contributed by atoms with Gasteiger partial charge in [-0.25, -0.2) is 4.98 Å². The van der Waals surface area contributed by atoms with E-state index in [9.17, 15) is 10.4 Å². The van der Waals surface area contributed by atoms with Crippen molar-refractivity contribution in [1.29, 1.82) is 5.26 Å². The lowest BCUT2D eigenvalue weighted by atomic mass is 10.1. The third-order valence-electron chi connectivity index (χ3n) is 6.68. The molecule has 0 atom stereocenters. The van der Waals surface area contributed by atoms with Crippen molar-refractivity contribution in [2.45, 2.75) is 25.2 Å². The molecule has 0 spiro atoms. The van der Waals surface area contributed by atoms with Gasteiger partial charge in [0.05, 0.1) is 51.1 Å². The summed E-state index contributed by atoms with van der Waals surface area (Å²) in [7, 11) is 4.18. The Bertz CT molecular complexity index is 1420. The third-order valence-corrected chi connectivity index (χ3v) is 7.70. The van der Waals surface area contributed by atoms with Crippen LogP contribution >= 0.6 is 11.8 Å². The number of nitrogens with zero attached hydrogens (tertiary/aromatic N) is 5. The van der Waals surface area contributed by atoms with Gasteiger partial charge < -0.3 is 45.1 Å². The monoisotopic (exact) mass is 669 g/mol. The van der Waals surface area contributed by atoms with Gasteiger partial charge in [0.1, 0.15) is 28.9 Å². The molecule has 0 saturated carbocycles. The first-order chi connectivity index (χ1) is 23.0. The molecule has 3 rings (SSSR count). The molecule has 0 aliphatic carbocycles. The van der Waals surface area contributed by atoms with E-state index in [0.29, 0.717) is 65.3 Å². The summed E-state index contributed by atoms with van der Waals surface area (Å²) in [5.74, 6) is 2.76. The molecule has 1 aromatic heterocycles. The molecule has 0 radical (unpaired) electrons. The maximum atomic E-state index is 10.1. The van der Waals surface area contributed by atoms with E-state index >= 15 is 0 Å². The molecule has 0 fully saturated rings. The Morgan fingerprint density at radius 3 is 2.34 bits per heavy atom. The molecule has 0 amide bonds. The summed E-state index contributed by atoms with van der Waals surface area (Å²) in [6.07, 6.45) is 1.02. The highest BCUT2D eigenvalue weighted by Gasteiger charge is 2.19. The predicted octanol–water partition coefficient (Wildman–Crippen LogP) is 5.26. The molecule has 3 aromatic rings. The summed E-state index contributed by atoms with van der Waals surface area (Å²) in [5.41, 5.74) is 2.56. The van der Waals surface area contributed by atoms with Gasteiger partial charge >= 0.3 is 0 Å². The normalized spacial score (nSPS) is 10.8. The van der Waals surface area contributed by atoms with Crippen LogP contribution in [0.25, 0.3) is 0 Å². The number of nitriles is 1. The lowest BCUT2D eigenvalue weighted by molar-refractivity contribution is 0.0992. The first-order valence-corrected chi connectivity index (χ1v) is 16.3. The lowest BCUT2D eigenvalue weighted by Gasteiger charge is -2.20. The van der Waals surface area contributed by atoms with Gasteiger partial charge in [-0.15, -0.1) is 22.0 Å². The van der Waals surface area contributed by atoms with E-state index in [0.717, 1.165) is 43.0 Å². The van der Waals surface area contributed by atoms with Crippen LogP contribution in [0.2, 0.25) is 0 Å². The summed E-state index contributed by atoms with van der Waals surface area (Å²) < 4.78 is 16.8. The minimum Gasteiger partial charge on any atom is -0.495 e. The van der Waals surface area contributed by atoms with Gasteiger partial charge in [-0.05, 0) is 38.1 Å². The van der Waals surface area contributed by atoms with Crippen LogP contribution in [0.15, 0.2) is 57.6 Å². The Morgan fingerprint density at radius 2 is 1.70 bits per heavy atom. The Hall–Kier alpha value is -3.97. The van der Waals surface area contributed by atoms with Gasteiger partial charge in [-0.3, -0.25) is 0 Å². The van der Waals surface area contributed by atoms with E-state index in [-0.39, 0.29) is 19.8 Å². The largest absolute Gasteiger partial charge is 0.495 e. The molecule has 256 valence electrons. The van der Waals surface area contributed by atoms with E-state index in [1.54, 1.807) is 39.0 Å². The average molecular weight is 670 g/mol. The molecule has 0 aliphatic rings. The third kappa shape index (κ3) is 12.3. The lowest BCUT2D eigenvalue weighted by Crippen LogP contribution is -2.29. The Balaban J connectivity index is 0.00000376. The minimum atomic E-state index is -0.0670. The SMILES string of the molecule is CCCN(CCO)CCSc1cc(OC)c(N=Nc2c(NCCOCCO)nc(Nc3ccccc3)c(C#N)c2C)cc1OC.CO. The van der Waals surface area contributed by atoms with Gasteiger partial charge in [0.25, 0.3) is 0 Å². The van der Waals surface area contributed by atoms with E-state index in [4.69, 9.17) is 29.4 Å². The number of ether oxygens (including phenoxy) is 3. The second-order valence-electron chi connectivity index (χ2n) is 9.81. The van der Waals surface area contributed by atoms with Crippen molar-refractivity contribution < 1.29 is 29.5 Å². The molecule has 2 aromatic carbocycles. The Kier molecular flexibility index (Phi) is 18.8. The van der Waals surface area contributed by atoms with Gasteiger partial charge in [0.15, 0.2) is 11.6 Å². The number of anilines is 3. The maximum absolute atomic E-state index is 10.1. The molecular formula is C33H47N7O6S. The number of thioether (sulfide) groups is 1. The molecule has 5 N–H and O–H groups in total. The number of hydrogen-bond donors (Lipinski definition) is 5. The number of azo groups is 1. The molecule has 0 bridgehead atoms. The van der Waals surface area contributed by atoms with Gasteiger partial charge in [-0.1, -0.05) is 25.1 Å². The van der Waals surface area contributed by atoms with Crippen molar-refractivity contribution in [3.63, 3.8) is 0 Å². The van der Waals surface area contributed by atoms with Crippen LogP contribution in [-0.4, -0.2) is 105 Å². The number of methoxy groups -OCH3 is 2. The van der Waals surface area contributed by atoms with E-state index in [1.807, 2.05) is 36.4 Å². The van der Waals surface area contributed by atoms with Crippen LogP contribution in [0.1, 0.15) is 24.5 Å². The fourth-order valence-electron chi connectivity index (χ4n) is 4.46. The number of aliphatic hydroxyl groups is 3. The fraction of sp³-hybridized carbons (Fsp3) is 0.455. The highest BCUT2D eigenvalue weighted by molar-refractivity contribution is 7.99. The fourth-order valence-corrected chi connectivity index (χ4v) is 5.50. The zero-order chi connectivity index (χ0) is 34.4. The predicted molar refractivity (Wildman–Crippen MR) is 186 cm³/mol. The van der Waals surface area contributed by atoms with Crippen molar-refractivity contribution in [3.8, 4) is 17.6 Å². The summed E-state index contributed by atoms with van der Waals surface area (Å²) in [6, 6.07) is 15.4. The van der Waals surface area contributed by atoms with Gasteiger partial charge in [-0.2, -0.15) is 5.26 Å². The minimum absolute atomic E-state index is 0.0670. The van der Waals surface area contributed by atoms with Crippen LogP contribution < -0.4 is 20.1 Å². The Morgan fingerprint density at radius 1 is 0.957 bits per heavy atom. The first-order valence-electron chi connectivity index (χ1n) is 15.3. The molecule has 0 saturated heterocycles. The number of nitrogens with one attached hydrogen (secondary N) is 2. The second kappa shape index (κ2) is 22.5. The van der Waals surface area contributed by atoms with Crippen LogP contribution in [0.5, 0.6) is 11.5 Å². The average Bonchev–Trinajstić information content (AvgIpc) is 3.09. The van der Waals surface area contributed by atoms with Crippen molar-refractivity contribution in [2.75, 3.05) is 90.3 Å². The Labute approximate surface area is 281 Å². The maximum Gasteiger partial charge on any atom is 0.156 e. The standard InChI is InChI=1S/C32H43N7O5S.CH4O/c1-5-12-39(13-15-40)14-19-45-29-21-27(42-3)26(20-28(29)43-4)37-38-30-23(2)25(22-33)31(35-24-9-7-6-8-10-24)36-32(30)34-11-17-44-18-16-41;1-2/h6-10,20-21,40-41H,5,11-19H2,1-4H3,(H2,34,35,36);2H,1H3. The number of para-hydroxylation sites is 1. The van der Waals surface area contributed by atoms with Crippen LogP contribution in [-0.2, 0) is 4.74 Å². The van der Waals surface area contributed by atoms with E-state index in [2.05, 4.69) is 38.8 Å². The summed E-state index contributed by atoms with van der Waals surface area (Å²) >= 11 is 1.64. The van der Waals surface area contributed by atoms with Crippen molar-refractivity contribution >= 4 is 40.5 Å². The molecule has 47 heavy (non-hydrogen) atoms. The van der Waals surface area contributed by atoms with Crippen molar-refractivity contribution in [3.05, 3.63) is 53.6 Å². The number of hydrogen-bond acceptors (Lipinski definition) is 14. The number of aliphatic hydroxyl groups excluding tert-OH is 3. The van der Waals surface area contributed by atoms with E-state index in [1.165, 1.54) is 0 Å². The van der Waals surface area contributed by atoms with Crippen LogP contribution in [0.3, 0.4) is 0 Å². The molecular weight excluding hydrogens is 622 g/mol. The smallest absolute Gasteiger partial charge is 0.156 e. The number of benzene rings is 2. The van der Waals surface area contributed by atoms with Crippen LogP contribution in [0.4, 0.5) is 28.7 Å². The molecule has 1 heterocycles. The molecule has 14 heteroatoms. The zero-order valence-corrected chi connectivity index (χ0v) is 28.6. The first kappa shape index (κ1) is 39.2. The zero-order valence-electron chi connectivity index (χ0n) is 27.8.